The second-order valence-corrected chi connectivity index (χ2v) is 4.28. The Balaban J connectivity index is 3.11. The van der Waals surface area contributed by atoms with Crippen molar-refractivity contribution >= 4 is 32.9 Å². The van der Waals surface area contributed by atoms with E-state index in [1.165, 1.54) is 13.2 Å². The van der Waals surface area contributed by atoms with E-state index in [9.17, 15) is 18.0 Å². The molecule has 0 amide bonds. The van der Waals surface area contributed by atoms with Crippen LogP contribution in [-0.2, 0) is 31.0 Å². The lowest BCUT2D eigenvalue weighted by Gasteiger charge is -2.09. The zero-order valence-corrected chi connectivity index (χ0v) is 10.7. The van der Waals surface area contributed by atoms with Crippen LogP contribution in [0.2, 0.25) is 0 Å². The van der Waals surface area contributed by atoms with Crippen LogP contribution >= 0.6 is 0 Å². The van der Waals surface area contributed by atoms with Gasteiger partial charge in [-0.05, 0) is 11.6 Å². The molecule has 0 fully saturated rings. The molecule has 1 aromatic rings. The number of carbonyl (C=O) groups is 2. The molecule has 0 saturated heterocycles. The molecule has 0 aliphatic carbocycles. The van der Waals surface area contributed by atoms with Gasteiger partial charge in [-0.2, -0.15) is 8.42 Å². The van der Waals surface area contributed by atoms with E-state index in [-0.39, 0.29) is 12.1 Å². The Kier molecular flexibility index (Phi) is 5.07. The molecule has 0 unspecified atom stereocenters. The molecule has 0 bridgehead atoms. The topological polar surface area (TPSA) is 110 Å². The summed E-state index contributed by atoms with van der Waals surface area (Å²) in [5.41, 5.74) is 0.646. The fourth-order valence-electron chi connectivity index (χ4n) is 1.31. The summed E-state index contributed by atoms with van der Waals surface area (Å²) >= 11 is 0. The number of hydrogen-bond donors (Lipinski definition) is 2. The van der Waals surface area contributed by atoms with E-state index in [1.807, 2.05) is 0 Å². The number of benzene rings is 1. The lowest BCUT2D eigenvalue weighted by atomic mass is 10.1. The second-order valence-electron chi connectivity index (χ2n) is 3.40. The summed E-state index contributed by atoms with van der Waals surface area (Å²) in [5, 5.41) is 11.0. The van der Waals surface area contributed by atoms with Crippen molar-refractivity contribution in [2.75, 3.05) is 12.4 Å². The van der Waals surface area contributed by atoms with Crippen LogP contribution in [0.1, 0.15) is 5.56 Å². The Morgan fingerprint density at radius 3 is 2.47 bits per heavy atom. The quantitative estimate of drug-likeness (QED) is 0.589. The highest BCUT2D eigenvalue weighted by Gasteiger charge is 2.15. The van der Waals surface area contributed by atoms with E-state index in [1.54, 1.807) is 18.2 Å². The maximum Gasteiger partial charge on any atom is 0.368 e. The number of methoxy groups -OCH3 is 1. The first kappa shape index (κ1) is 14.7. The van der Waals surface area contributed by atoms with Gasteiger partial charge in [0.2, 0.25) is 15.3 Å². The van der Waals surface area contributed by atoms with E-state index in [2.05, 4.69) is 10.1 Å². The molecular formula is C11H11NO6S. The van der Waals surface area contributed by atoms with Crippen molar-refractivity contribution in [3.8, 4) is 0 Å². The van der Waals surface area contributed by atoms with Crippen molar-refractivity contribution in [2.45, 2.75) is 6.42 Å². The summed E-state index contributed by atoms with van der Waals surface area (Å²) in [6.45, 7) is 0. The molecule has 19 heavy (non-hydrogen) atoms. The maximum absolute atomic E-state index is 11.2. The van der Waals surface area contributed by atoms with Crippen molar-refractivity contribution < 1.29 is 27.9 Å². The molecule has 0 atom stereocenters. The van der Waals surface area contributed by atoms with Gasteiger partial charge in [-0.3, -0.25) is 4.79 Å². The summed E-state index contributed by atoms with van der Waals surface area (Å²) in [5.74, 6) is -2.13. The van der Waals surface area contributed by atoms with Gasteiger partial charge in [0.25, 0.3) is 0 Å². The van der Waals surface area contributed by atoms with Gasteiger partial charge in [-0.25, -0.2) is 4.79 Å². The number of ether oxygens (including phenoxy) is 1. The van der Waals surface area contributed by atoms with Crippen molar-refractivity contribution in [3.63, 3.8) is 0 Å². The average molecular weight is 285 g/mol. The molecular weight excluding hydrogens is 274 g/mol. The zero-order valence-electron chi connectivity index (χ0n) is 9.91. The van der Waals surface area contributed by atoms with Crippen LogP contribution in [0.4, 0.5) is 5.69 Å². The number of hydrogen-bond acceptors (Lipinski definition) is 5. The van der Waals surface area contributed by atoms with Crippen LogP contribution in [0, 0.1) is 0 Å². The highest BCUT2D eigenvalue weighted by atomic mass is 32.2. The van der Waals surface area contributed by atoms with Gasteiger partial charge in [-0.1, -0.05) is 18.2 Å². The first-order chi connectivity index (χ1) is 8.95. The summed E-state index contributed by atoms with van der Waals surface area (Å²) in [6, 6.07) is 6.24. The summed E-state index contributed by atoms with van der Waals surface area (Å²) in [4.78, 5) is 21.1. The van der Waals surface area contributed by atoms with Gasteiger partial charge in [0.15, 0.2) is 0 Å². The number of esters is 1. The third kappa shape index (κ3) is 4.11. The Labute approximate surface area is 110 Å². The van der Waals surface area contributed by atoms with Gasteiger partial charge in [0.05, 0.1) is 13.5 Å². The first-order valence-corrected chi connectivity index (χ1v) is 6.14. The summed E-state index contributed by atoms with van der Waals surface area (Å²) < 4.78 is 26.0. The van der Waals surface area contributed by atoms with E-state index < -0.39 is 27.2 Å². The second kappa shape index (κ2) is 6.55. The van der Waals surface area contributed by atoms with Crippen LogP contribution in [0.25, 0.3) is 0 Å². The van der Waals surface area contributed by atoms with Crippen molar-refractivity contribution in [2.24, 2.45) is 0 Å². The largest absolute Gasteiger partial charge is 0.476 e. The molecule has 102 valence electrons. The lowest BCUT2D eigenvalue weighted by molar-refractivity contribution is -0.139. The molecule has 2 N–H and O–H groups in total. The Hall–Kier alpha value is -2.35. The van der Waals surface area contributed by atoms with Crippen LogP contribution in [0.3, 0.4) is 0 Å². The number of carbonyl (C=O) groups excluding carboxylic acids is 1. The Morgan fingerprint density at radius 1 is 1.32 bits per heavy atom. The van der Waals surface area contributed by atoms with Crippen molar-refractivity contribution in [1.29, 1.82) is 0 Å². The van der Waals surface area contributed by atoms with E-state index in [0.29, 0.717) is 5.56 Å². The Morgan fingerprint density at radius 2 is 1.95 bits per heavy atom. The third-order valence-corrected chi connectivity index (χ3v) is 2.80. The van der Waals surface area contributed by atoms with E-state index >= 15 is 0 Å². The molecule has 8 heteroatoms. The molecule has 7 nitrogen and oxygen atoms in total. The number of rotatable bonds is 3. The van der Waals surface area contributed by atoms with Crippen LogP contribution in [-0.4, -0.2) is 37.6 Å². The molecule has 0 spiro atoms. The number of carboxylic acids is 1. The van der Waals surface area contributed by atoms with Crippen LogP contribution in [0.5, 0.6) is 0 Å². The van der Waals surface area contributed by atoms with Crippen molar-refractivity contribution in [1.82, 2.24) is 0 Å². The normalized spacial score (nSPS) is 9.53. The average Bonchev–Trinajstić information content (AvgIpc) is 2.36. The fourth-order valence-corrected chi connectivity index (χ4v) is 1.65. The lowest BCUT2D eigenvalue weighted by Crippen LogP contribution is -2.24. The minimum atomic E-state index is -2.92. The predicted octanol–water partition coefficient (Wildman–Crippen LogP) is -0.0924. The van der Waals surface area contributed by atoms with Gasteiger partial charge < -0.3 is 15.2 Å². The number of anilines is 1. The number of carboxylic acid groups (broad SMARTS) is 1. The molecule has 1 rings (SSSR count). The predicted molar refractivity (Wildman–Crippen MR) is 67.3 cm³/mol. The highest BCUT2D eigenvalue weighted by molar-refractivity contribution is 7.75. The van der Waals surface area contributed by atoms with Gasteiger partial charge in [0, 0.05) is 5.69 Å². The SMILES string of the molecule is COC(=O)Cc1ccccc1NC(C(=O)O)=S(=O)=O. The molecule has 0 radical (unpaired) electrons. The molecule has 0 aliphatic heterocycles. The van der Waals surface area contributed by atoms with Crippen LogP contribution < -0.4 is 5.32 Å². The molecule has 0 heterocycles. The molecule has 0 aliphatic rings. The van der Waals surface area contributed by atoms with Gasteiger partial charge >= 0.3 is 11.9 Å². The fraction of sp³-hybridized carbons (Fsp3) is 0.182. The third-order valence-electron chi connectivity index (χ3n) is 2.19. The highest BCUT2D eigenvalue weighted by Crippen LogP contribution is 2.16. The van der Waals surface area contributed by atoms with E-state index in [4.69, 9.17) is 5.11 Å². The van der Waals surface area contributed by atoms with E-state index in [0.717, 1.165) is 0 Å². The van der Waals surface area contributed by atoms with Crippen LogP contribution in [0.15, 0.2) is 24.3 Å². The maximum atomic E-state index is 11.2. The number of aliphatic carboxylic acids is 1. The first-order valence-electron chi connectivity index (χ1n) is 5.07. The number of para-hydroxylation sites is 1. The summed E-state index contributed by atoms with van der Waals surface area (Å²) in [6.07, 6.45) is -0.0991. The number of nitrogens with one attached hydrogen (secondary N) is 1. The zero-order chi connectivity index (χ0) is 14.4. The standard InChI is InChI=1S/C11H11NO6S/c1-18-9(13)6-7-4-2-3-5-8(7)12-10(11(14)15)19(16)17/h2-5,12H,6H2,1H3,(H,14,15). The molecule has 0 saturated carbocycles. The summed E-state index contributed by atoms with van der Waals surface area (Å²) in [7, 11) is -1.69. The Bertz CT molecular complexity index is 626. The minimum absolute atomic E-state index is 0.0991. The molecule has 1 aromatic carbocycles. The molecule has 0 aromatic heterocycles. The smallest absolute Gasteiger partial charge is 0.368 e. The monoisotopic (exact) mass is 285 g/mol. The van der Waals surface area contributed by atoms with Gasteiger partial charge in [-0.15, -0.1) is 0 Å². The van der Waals surface area contributed by atoms with Gasteiger partial charge in [0.1, 0.15) is 0 Å². The van der Waals surface area contributed by atoms with Crippen molar-refractivity contribution in [3.05, 3.63) is 29.8 Å². The minimum Gasteiger partial charge on any atom is -0.476 e.